The molecule has 0 aliphatic heterocycles. The second-order valence-electron chi connectivity index (χ2n) is 6.17. The van der Waals surface area contributed by atoms with Crippen LogP contribution in [0.25, 0.3) is 11.4 Å². The van der Waals surface area contributed by atoms with Crippen molar-refractivity contribution in [3.63, 3.8) is 0 Å². The summed E-state index contributed by atoms with van der Waals surface area (Å²) in [5, 5.41) is 6.40. The summed E-state index contributed by atoms with van der Waals surface area (Å²) in [4.78, 5) is 15.9. The number of alkyl carbamates (subject to hydrolysis) is 1. The minimum atomic E-state index is -0.607. The summed E-state index contributed by atoms with van der Waals surface area (Å²) in [6.45, 7) is 6.97. The number of rotatable bonds is 4. The maximum Gasteiger partial charge on any atom is 0.408 e. The average molecular weight is 337 g/mol. The molecule has 0 radical (unpaired) electrons. The number of carbonyl (C=O) groups is 1. The number of nitrogens with zero attached hydrogens (tertiary/aromatic N) is 2. The van der Waals surface area contributed by atoms with E-state index >= 15 is 0 Å². The number of nitrogens with one attached hydrogen (secondary N) is 1. The molecule has 130 valence electrons. The summed E-state index contributed by atoms with van der Waals surface area (Å²) >= 11 is 0. The Hall–Kier alpha value is -2.64. The van der Waals surface area contributed by atoms with Crippen LogP contribution in [0.3, 0.4) is 0 Å². The summed E-state index contributed by atoms with van der Waals surface area (Å²) in [6, 6.07) is 3.79. The van der Waals surface area contributed by atoms with Crippen molar-refractivity contribution in [2.75, 3.05) is 7.11 Å². The summed E-state index contributed by atoms with van der Waals surface area (Å²) in [5.41, 5.74) is -0.169. The van der Waals surface area contributed by atoms with E-state index in [9.17, 15) is 9.18 Å². The largest absolute Gasteiger partial charge is 0.494 e. The van der Waals surface area contributed by atoms with Crippen molar-refractivity contribution < 1.29 is 23.2 Å². The molecule has 1 N–H and O–H groups in total. The zero-order valence-electron chi connectivity index (χ0n) is 14.2. The maximum absolute atomic E-state index is 13.7. The van der Waals surface area contributed by atoms with E-state index in [0.29, 0.717) is 5.56 Å². The zero-order chi connectivity index (χ0) is 17.9. The standard InChI is InChI=1S/C16H20FN3O4/c1-9(18-15(21)23-16(2,3)4)14-19-13(20-24-14)10-6-7-12(22-5)11(17)8-10/h6-9H,1-5H3,(H,18,21)/t9-/m0/s1. The lowest BCUT2D eigenvalue weighted by Crippen LogP contribution is -2.34. The minimum Gasteiger partial charge on any atom is -0.494 e. The van der Waals surface area contributed by atoms with Crippen molar-refractivity contribution in [2.24, 2.45) is 0 Å². The highest BCUT2D eigenvalue weighted by molar-refractivity contribution is 5.68. The number of carbonyl (C=O) groups excluding carboxylic acids is 1. The Morgan fingerprint density at radius 1 is 1.38 bits per heavy atom. The highest BCUT2D eigenvalue weighted by atomic mass is 19.1. The van der Waals surface area contributed by atoms with E-state index in [-0.39, 0.29) is 17.5 Å². The normalized spacial score (nSPS) is 12.6. The number of methoxy groups -OCH3 is 1. The summed E-state index contributed by atoms with van der Waals surface area (Å²) < 4.78 is 28.9. The van der Waals surface area contributed by atoms with Gasteiger partial charge in [-0.2, -0.15) is 4.98 Å². The van der Waals surface area contributed by atoms with Crippen LogP contribution >= 0.6 is 0 Å². The molecule has 0 saturated heterocycles. The van der Waals surface area contributed by atoms with Crippen LogP contribution in [0, 0.1) is 5.82 Å². The first-order chi connectivity index (χ1) is 11.2. The second kappa shape index (κ2) is 6.86. The van der Waals surface area contributed by atoms with Crippen molar-refractivity contribution >= 4 is 6.09 Å². The number of benzene rings is 1. The number of ether oxygens (including phenoxy) is 2. The maximum atomic E-state index is 13.7. The number of amides is 1. The van der Waals surface area contributed by atoms with Crippen molar-refractivity contribution in [1.29, 1.82) is 0 Å². The Morgan fingerprint density at radius 3 is 2.67 bits per heavy atom. The van der Waals surface area contributed by atoms with Gasteiger partial charge in [0.05, 0.1) is 7.11 Å². The van der Waals surface area contributed by atoms with E-state index in [1.54, 1.807) is 33.8 Å². The molecule has 1 atom stereocenters. The summed E-state index contributed by atoms with van der Waals surface area (Å²) in [5.74, 6) is 0.000171. The molecular weight excluding hydrogens is 317 g/mol. The van der Waals surface area contributed by atoms with E-state index in [1.165, 1.54) is 19.2 Å². The van der Waals surface area contributed by atoms with E-state index < -0.39 is 23.6 Å². The topological polar surface area (TPSA) is 86.5 Å². The highest BCUT2D eigenvalue weighted by Crippen LogP contribution is 2.24. The van der Waals surface area contributed by atoms with Crippen LogP contribution in [-0.2, 0) is 4.74 Å². The first-order valence-corrected chi connectivity index (χ1v) is 7.36. The molecule has 1 aromatic heterocycles. The number of hydrogen-bond acceptors (Lipinski definition) is 6. The van der Waals surface area contributed by atoms with Crippen LogP contribution in [-0.4, -0.2) is 28.9 Å². The molecule has 8 heteroatoms. The Kier molecular flexibility index (Phi) is 5.06. The monoisotopic (exact) mass is 337 g/mol. The molecule has 1 amide bonds. The predicted molar refractivity (Wildman–Crippen MR) is 84.0 cm³/mol. The summed E-state index contributed by atoms with van der Waals surface area (Å²) in [6.07, 6.45) is -0.592. The average Bonchev–Trinajstić information content (AvgIpc) is 2.94. The SMILES string of the molecule is COc1ccc(-c2noc([C@H](C)NC(=O)OC(C)(C)C)n2)cc1F. The van der Waals surface area contributed by atoms with E-state index in [4.69, 9.17) is 14.0 Å². The van der Waals surface area contributed by atoms with Crippen molar-refractivity contribution in [1.82, 2.24) is 15.5 Å². The van der Waals surface area contributed by atoms with Crippen LogP contribution in [0.15, 0.2) is 22.7 Å². The third-order valence-electron chi connectivity index (χ3n) is 2.96. The Bertz CT molecular complexity index is 724. The van der Waals surface area contributed by atoms with Gasteiger partial charge in [0.15, 0.2) is 11.6 Å². The van der Waals surface area contributed by atoms with Crippen molar-refractivity contribution in [3.8, 4) is 17.1 Å². The highest BCUT2D eigenvalue weighted by Gasteiger charge is 2.22. The van der Waals surface area contributed by atoms with Gasteiger partial charge in [-0.3, -0.25) is 0 Å². The van der Waals surface area contributed by atoms with Crippen LogP contribution in [0.5, 0.6) is 5.75 Å². The molecule has 0 saturated carbocycles. The van der Waals surface area contributed by atoms with Gasteiger partial charge in [0.2, 0.25) is 11.7 Å². The van der Waals surface area contributed by atoms with Crippen LogP contribution in [0.4, 0.5) is 9.18 Å². The quantitative estimate of drug-likeness (QED) is 0.919. The second-order valence-corrected chi connectivity index (χ2v) is 6.17. The number of hydrogen-bond donors (Lipinski definition) is 1. The third-order valence-corrected chi connectivity index (χ3v) is 2.96. The molecule has 2 aromatic rings. The summed E-state index contributed by atoms with van der Waals surface area (Å²) in [7, 11) is 1.38. The molecule has 0 spiro atoms. The smallest absolute Gasteiger partial charge is 0.408 e. The first-order valence-electron chi connectivity index (χ1n) is 7.36. The number of halogens is 1. The van der Waals surface area contributed by atoms with Crippen LogP contribution in [0.2, 0.25) is 0 Å². The van der Waals surface area contributed by atoms with Gasteiger partial charge in [-0.05, 0) is 45.9 Å². The van der Waals surface area contributed by atoms with Crippen molar-refractivity contribution in [2.45, 2.75) is 39.3 Å². The molecule has 0 fully saturated rings. The fourth-order valence-corrected chi connectivity index (χ4v) is 1.88. The molecule has 24 heavy (non-hydrogen) atoms. The molecule has 1 heterocycles. The molecule has 1 aromatic carbocycles. The molecule has 0 unspecified atom stereocenters. The molecule has 0 aliphatic carbocycles. The fourth-order valence-electron chi connectivity index (χ4n) is 1.88. The van der Waals surface area contributed by atoms with Crippen LogP contribution < -0.4 is 10.1 Å². The fraction of sp³-hybridized carbons (Fsp3) is 0.438. The van der Waals surface area contributed by atoms with Gasteiger partial charge in [0.1, 0.15) is 11.6 Å². The van der Waals surface area contributed by atoms with E-state index in [0.717, 1.165) is 0 Å². The van der Waals surface area contributed by atoms with Gasteiger partial charge in [0, 0.05) is 5.56 Å². The molecule has 2 rings (SSSR count). The van der Waals surface area contributed by atoms with E-state index in [2.05, 4.69) is 15.5 Å². The lowest BCUT2D eigenvalue weighted by molar-refractivity contribution is 0.0499. The minimum absolute atomic E-state index is 0.127. The van der Waals surface area contributed by atoms with Gasteiger partial charge in [0.25, 0.3) is 0 Å². The zero-order valence-corrected chi connectivity index (χ0v) is 14.2. The Morgan fingerprint density at radius 2 is 2.08 bits per heavy atom. The van der Waals surface area contributed by atoms with E-state index in [1.807, 2.05) is 0 Å². The lowest BCUT2D eigenvalue weighted by Gasteiger charge is -2.20. The third kappa shape index (κ3) is 4.43. The lowest BCUT2D eigenvalue weighted by atomic mass is 10.2. The number of aromatic nitrogens is 2. The Labute approximate surface area is 139 Å². The van der Waals surface area contributed by atoms with Gasteiger partial charge in [-0.25, -0.2) is 9.18 Å². The first kappa shape index (κ1) is 17.7. The molecule has 0 aliphatic rings. The predicted octanol–water partition coefficient (Wildman–Crippen LogP) is 3.47. The van der Waals surface area contributed by atoms with Gasteiger partial charge in [-0.1, -0.05) is 5.16 Å². The van der Waals surface area contributed by atoms with Crippen molar-refractivity contribution in [3.05, 3.63) is 29.9 Å². The van der Waals surface area contributed by atoms with Gasteiger partial charge < -0.3 is 19.3 Å². The molecular formula is C16H20FN3O4. The molecule has 7 nitrogen and oxygen atoms in total. The van der Waals surface area contributed by atoms with Gasteiger partial charge in [-0.15, -0.1) is 0 Å². The molecule has 0 bridgehead atoms. The Balaban J connectivity index is 2.10. The van der Waals surface area contributed by atoms with Crippen LogP contribution in [0.1, 0.15) is 39.6 Å². The van der Waals surface area contributed by atoms with Gasteiger partial charge >= 0.3 is 6.09 Å².